The first kappa shape index (κ1) is 32.5. The van der Waals surface area contributed by atoms with Crippen molar-refractivity contribution in [3.05, 3.63) is 168 Å². The lowest BCUT2D eigenvalue weighted by Crippen LogP contribution is -2.37. The fourth-order valence-corrected chi connectivity index (χ4v) is 6.52. The molecule has 0 unspecified atom stereocenters. The van der Waals surface area contributed by atoms with E-state index in [1.165, 1.54) is 11.1 Å². The van der Waals surface area contributed by atoms with Gasteiger partial charge >= 0.3 is 0 Å². The van der Waals surface area contributed by atoms with Crippen LogP contribution in [-0.4, -0.2) is 27.8 Å². The van der Waals surface area contributed by atoms with Crippen LogP contribution in [0, 0.1) is 5.41 Å². The summed E-state index contributed by atoms with van der Waals surface area (Å²) in [6.45, 7) is 1.22. The molecule has 0 radical (unpaired) electrons. The van der Waals surface area contributed by atoms with Crippen molar-refractivity contribution in [3.8, 4) is 11.1 Å². The average Bonchev–Trinajstić information content (AvgIpc) is 3.47. The average molecular weight is 657 g/mol. The number of aryl methyl sites for hydroxylation is 3. The molecule has 0 saturated carbocycles. The number of rotatable bonds is 12. The number of fused-ring (bicyclic) bond motifs is 2. The first-order chi connectivity index (χ1) is 24.4. The van der Waals surface area contributed by atoms with Crippen LogP contribution in [0.25, 0.3) is 32.9 Å². The Kier molecular flexibility index (Phi) is 9.49. The Morgan fingerprint density at radius 1 is 0.780 bits per heavy atom. The molecule has 7 nitrogen and oxygen atoms in total. The maximum Gasteiger partial charge on any atom is 0.241 e. The van der Waals surface area contributed by atoms with E-state index < -0.39 is 0 Å². The molecule has 7 heteroatoms. The quantitative estimate of drug-likeness (QED) is 0.0924. The van der Waals surface area contributed by atoms with Gasteiger partial charge in [0.2, 0.25) is 5.91 Å². The van der Waals surface area contributed by atoms with Gasteiger partial charge < -0.3 is 20.5 Å². The highest BCUT2D eigenvalue weighted by Crippen LogP contribution is 2.27. The van der Waals surface area contributed by atoms with Gasteiger partial charge in [-0.05, 0) is 63.2 Å². The molecule has 0 bridgehead atoms. The third-order valence-corrected chi connectivity index (χ3v) is 9.35. The van der Waals surface area contributed by atoms with Crippen molar-refractivity contribution < 1.29 is 4.79 Å². The molecule has 0 aliphatic carbocycles. The number of carbonyl (C=O) groups excluding carboxylic acids is 1. The van der Waals surface area contributed by atoms with Crippen LogP contribution in [0.5, 0.6) is 0 Å². The Balaban J connectivity index is 1.11. The van der Waals surface area contributed by atoms with E-state index in [1.807, 2.05) is 78.7 Å². The van der Waals surface area contributed by atoms with E-state index in [9.17, 15) is 4.79 Å². The molecule has 7 aromatic rings. The van der Waals surface area contributed by atoms with Crippen LogP contribution in [0.3, 0.4) is 0 Å². The highest BCUT2D eigenvalue weighted by molar-refractivity contribution is 5.97. The van der Waals surface area contributed by atoms with E-state index in [0.29, 0.717) is 13.1 Å². The molecule has 4 N–H and O–H groups in total. The normalized spacial score (nSPS) is 11.2. The lowest BCUT2D eigenvalue weighted by Gasteiger charge is -2.24. The summed E-state index contributed by atoms with van der Waals surface area (Å²) in [6.07, 6.45) is 1.57. The number of carbonyl (C=O) groups is 1. The van der Waals surface area contributed by atoms with Gasteiger partial charge in [-0.15, -0.1) is 0 Å². The molecular weight excluding hydrogens is 617 g/mol. The van der Waals surface area contributed by atoms with Crippen LogP contribution < -0.4 is 16.0 Å². The highest BCUT2D eigenvalue weighted by Gasteiger charge is 2.19. The summed E-state index contributed by atoms with van der Waals surface area (Å²) in [6, 6.07) is 47.3. The first-order valence-corrected chi connectivity index (χ1v) is 16.9. The Morgan fingerprint density at radius 3 is 2.26 bits per heavy atom. The van der Waals surface area contributed by atoms with Crippen molar-refractivity contribution in [2.45, 2.75) is 25.9 Å². The van der Waals surface area contributed by atoms with Gasteiger partial charge in [0, 0.05) is 31.3 Å². The third-order valence-electron chi connectivity index (χ3n) is 9.35. The first-order valence-electron chi connectivity index (χ1n) is 16.9. The van der Waals surface area contributed by atoms with Crippen molar-refractivity contribution >= 4 is 39.2 Å². The molecule has 1 heterocycles. The second-order valence-corrected chi connectivity index (χ2v) is 12.7. The van der Waals surface area contributed by atoms with Gasteiger partial charge in [-0.1, -0.05) is 121 Å². The zero-order valence-electron chi connectivity index (χ0n) is 28.1. The number of hydrogen-bond acceptors (Lipinski definition) is 4. The van der Waals surface area contributed by atoms with E-state index >= 15 is 0 Å². The summed E-state index contributed by atoms with van der Waals surface area (Å²) >= 11 is 0. The molecular formula is C43H40N6O. The molecule has 0 spiro atoms. The fourth-order valence-electron chi connectivity index (χ4n) is 6.52. The summed E-state index contributed by atoms with van der Waals surface area (Å²) in [5.74, 6) is 1.03. The molecule has 50 heavy (non-hydrogen) atoms. The molecule has 6 aromatic carbocycles. The van der Waals surface area contributed by atoms with Crippen molar-refractivity contribution in [2.75, 3.05) is 11.4 Å². The lowest BCUT2D eigenvalue weighted by molar-refractivity contribution is -0.118. The van der Waals surface area contributed by atoms with Crippen LogP contribution in [0.15, 0.2) is 140 Å². The van der Waals surface area contributed by atoms with E-state index in [4.69, 9.17) is 16.1 Å². The number of nitrogens with two attached hydrogens (primary N) is 1. The summed E-state index contributed by atoms with van der Waals surface area (Å²) in [5.41, 5.74) is 14.8. The molecule has 0 aliphatic rings. The van der Waals surface area contributed by atoms with Crippen molar-refractivity contribution in [1.29, 1.82) is 5.41 Å². The van der Waals surface area contributed by atoms with Crippen LogP contribution >= 0.6 is 0 Å². The highest BCUT2D eigenvalue weighted by atomic mass is 16.2. The van der Waals surface area contributed by atoms with E-state index in [1.54, 1.807) is 0 Å². The van der Waals surface area contributed by atoms with Crippen LogP contribution in [-0.2, 0) is 37.8 Å². The Labute approximate surface area is 292 Å². The lowest BCUT2D eigenvalue weighted by atomic mass is 10.0. The van der Waals surface area contributed by atoms with Crippen LogP contribution in [0.4, 0.5) is 5.69 Å². The Morgan fingerprint density at radius 2 is 1.48 bits per heavy atom. The SMILES string of the molecule is Cn1c(CCc2ccc(C(=N)N)cc2)nc2cc(N(Cc3cccc4ccccc34)C(=O)CNCc3ccc(-c4ccccc4)cc3)ccc21. The number of nitrogens with one attached hydrogen (secondary N) is 2. The van der Waals surface area contributed by atoms with Crippen molar-refractivity contribution in [2.24, 2.45) is 12.8 Å². The second-order valence-electron chi connectivity index (χ2n) is 12.7. The number of anilines is 1. The summed E-state index contributed by atoms with van der Waals surface area (Å²) in [5, 5.41) is 13.3. The summed E-state index contributed by atoms with van der Waals surface area (Å²) in [4.78, 5) is 21.0. The summed E-state index contributed by atoms with van der Waals surface area (Å²) < 4.78 is 2.13. The predicted molar refractivity (Wildman–Crippen MR) is 204 cm³/mol. The zero-order valence-corrected chi connectivity index (χ0v) is 28.1. The number of amidine groups is 1. The number of amides is 1. The molecule has 0 aliphatic heterocycles. The number of benzene rings is 6. The van der Waals surface area contributed by atoms with Crippen LogP contribution in [0.2, 0.25) is 0 Å². The fraction of sp³-hybridized carbons (Fsp3) is 0.140. The van der Waals surface area contributed by atoms with Gasteiger partial charge in [0.05, 0.1) is 24.1 Å². The smallest absolute Gasteiger partial charge is 0.241 e. The minimum atomic E-state index is -0.0108. The van der Waals surface area contributed by atoms with E-state index in [2.05, 4.69) is 82.7 Å². The van der Waals surface area contributed by atoms with E-state index in [0.717, 1.165) is 68.4 Å². The number of nitrogens with zero attached hydrogens (tertiary/aromatic N) is 3. The molecule has 248 valence electrons. The van der Waals surface area contributed by atoms with Gasteiger partial charge in [0.15, 0.2) is 0 Å². The molecule has 1 aromatic heterocycles. The Hall–Kier alpha value is -6.05. The second kappa shape index (κ2) is 14.6. The van der Waals surface area contributed by atoms with Gasteiger partial charge in [-0.3, -0.25) is 10.2 Å². The maximum absolute atomic E-state index is 14.1. The standard InChI is InChI=1S/C43H40N6O/c1-48-40-24-23-37(26-39(40)47-41(48)25-18-30-14-21-35(22-15-30)43(44)45)49(29-36-12-7-11-34-10-5-6-13-38(34)36)42(50)28-46-27-31-16-19-33(20-17-31)32-8-3-2-4-9-32/h2-17,19-24,26,46H,18,25,27-29H2,1H3,(H3,44,45). The van der Waals surface area contributed by atoms with Gasteiger partial charge in [0.1, 0.15) is 11.7 Å². The molecule has 0 fully saturated rings. The minimum absolute atomic E-state index is 0.0108. The number of aromatic nitrogens is 2. The van der Waals surface area contributed by atoms with Crippen molar-refractivity contribution in [1.82, 2.24) is 14.9 Å². The summed E-state index contributed by atoms with van der Waals surface area (Å²) in [7, 11) is 2.04. The zero-order chi connectivity index (χ0) is 34.5. The van der Waals surface area contributed by atoms with Gasteiger partial charge in [0.25, 0.3) is 0 Å². The minimum Gasteiger partial charge on any atom is -0.384 e. The topological polar surface area (TPSA) is 100 Å². The van der Waals surface area contributed by atoms with Crippen LogP contribution in [0.1, 0.15) is 28.1 Å². The monoisotopic (exact) mass is 656 g/mol. The third kappa shape index (κ3) is 7.18. The van der Waals surface area contributed by atoms with Gasteiger partial charge in [-0.2, -0.15) is 0 Å². The van der Waals surface area contributed by atoms with Gasteiger partial charge in [-0.25, -0.2) is 4.98 Å². The van der Waals surface area contributed by atoms with E-state index in [-0.39, 0.29) is 18.3 Å². The molecule has 1 amide bonds. The van der Waals surface area contributed by atoms with Crippen molar-refractivity contribution in [3.63, 3.8) is 0 Å². The molecule has 7 rings (SSSR count). The molecule has 0 atom stereocenters. The molecule has 0 saturated heterocycles. The number of imidazole rings is 1. The number of hydrogen-bond donors (Lipinski definition) is 3. The Bertz CT molecular complexity index is 2270. The predicted octanol–water partition coefficient (Wildman–Crippen LogP) is 7.79. The maximum atomic E-state index is 14.1. The number of nitrogen functional groups attached to an aromatic ring is 1. The largest absolute Gasteiger partial charge is 0.384 e.